The fourth-order valence-electron chi connectivity index (χ4n) is 2.56. The highest BCUT2D eigenvalue weighted by atomic mass is 35.5. The normalized spacial score (nSPS) is 21.5. The van der Waals surface area contributed by atoms with Gasteiger partial charge in [0.15, 0.2) is 11.5 Å². The lowest BCUT2D eigenvalue weighted by molar-refractivity contribution is 0.0666. The molecule has 0 aromatic heterocycles. The van der Waals surface area contributed by atoms with Gasteiger partial charge in [0.1, 0.15) is 6.61 Å². The van der Waals surface area contributed by atoms with Crippen molar-refractivity contribution in [2.75, 3.05) is 20.3 Å². The van der Waals surface area contributed by atoms with Crippen LogP contribution >= 0.6 is 11.6 Å². The van der Waals surface area contributed by atoms with Crippen LogP contribution < -0.4 is 14.8 Å². The summed E-state index contributed by atoms with van der Waals surface area (Å²) in [4.78, 5) is 0. The average molecular weight is 312 g/mol. The minimum Gasteiger partial charge on any atom is -0.493 e. The van der Waals surface area contributed by atoms with Gasteiger partial charge in [0.2, 0.25) is 0 Å². The van der Waals surface area contributed by atoms with Crippen LogP contribution in [0, 0.1) is 0 Å². The van der Waals surface area contributed by atoms with Crippen molar-refractivity contribution in [1.82, 2.24) is 5.32 Å². The smallest absolute Gasteiger partial charge is 0.165 e. The zero-order valence-corrected chi connectivity index (χ0v) is 13.1. The summed E-state index contributed by atoms with van der Waals surface area (Å²) in [6.45, 7) is 2.15. The average Bonchev–Trinajstić information content (AvgIpc) is 3.17. The first kappa shape index (κ1) is 14.9. The Morgan fingerprint density at radius 1 is 1.33 bits per heavy atom. The Morgan fingerprint density at radius 3 is 2.86 bits per heavy atom. The molecule has 1 aromatic carbocycles. The molecule has 1 saturated heterocycles. The van der Waals surface area contributed by atoms with Crippen molar-refractivity contribution >= 4 is 11.6 Å². The van der Waals surface area contributed by atoms with E-state index < -0.39 is 0 Å². The maximum absolute atomic E-state index is 6.17. The van der Waals surface area contributed by atoms with Crippen LogP contribution in [-0.2, 0) is 11.3 Å². The number of rotatable bonds is 7. The van der Waals surface area contributed by atoms with Crippen molar-refractivity contribution in [3.8, 4) is 11.5 Å². The van der Waals surface area contributed by atoms with Gasteiger partial charge in [-0.3, -0.25) is 0 Å². The zero-order chi connectivity index (χ0) is 14.7. The summed E-state index contributed by atoms with van der Waals surface area (Å²) < 4.78 is 17.0. The minimum absolute atomic E-state index is 0.189. The van der Waals surface area contributed by atoms with Crippen LogP contribution in [0.4, 0.5) is 0 Å². The Bertz CT molecular complexity index is 485. The van der Waals surface area contributed by atoms with Crippen molar-refractivity contribution in [3.63, 3.8) is 0 Å². The number of methoxy groups -OCH3 is 1. The van der Waals surface area contributed by atoms with Crippen molar-refractivity contribution in [1.29, 1.82) is 0 Å². The second-order valence-electron chi connectivity index (χ2n) is 5.70. The molecule has 1 unspecified atom stereocenters. The monoisotopic (exact) mass is 311 g/mol. The van der Waals surface area contributed by atoms with E-state index in [1.807, 2.05) is 6.07 Å². The van der Waals surface area contributed by atoms with E-state index in [-0.39, 0.29) is 6.10 Å². The molecule has 1 atom stereocenters. The molecule has 1 aliphatic heterocycles. The number of hydrogen-bond donors (Lipinski definition) is 1. The van der Waals surface area contributed by atoms with Gasteiger partial charge in [0, 0.05) is 35.8 Å². The van der Waals surface area contributed by atoms with Gasteiger partial charge in [-0.25, -0.2) is 0 Å². The van der Waals surface area contributed by atoms with E-state index in [9.17, 15) is 0 Å². The van der Waals surface area contributed by atoms with Crippen LogP contribution in [0.1, 0.15) is 31.2 Å². The Morgan fingerprint density at radius 2 is 2.19 bits per heavy atom. The summed E-state index contributed by atoms with van der Waals surface area (Å²) in [5, 5.41) is 4.16. The van der Waals surface area contributed by atoms with E-state index in [1.165, 1.54) is 12.8 Å². The van der Waals surface area contributed by atoms with Gasteiger partial charge < -0.3 is 19.5 Å². The quantitative estimate of drug-likeness (QED) is 0.839. The predicted octanol–water partition coefficient (Wildman–Crippen LogP) is 3.16. The fraction of sp³-hybridized carbons (Fsp3) is 0.625. The van der Waals surface area contributed by atoms with Crippen molar-refractivity contribution in [2.24, 2.45) is 0 Å². The first-order valence-corrected chi connectivity index (χ1v) is 7.98. The molecular formula is C16H22ClNO3. The standard InChI is InChI=1S/C16H22ClNO3/c1-19-15-8-12(17)7-11(9-18-13-4-5-13)16(15)21-10-14-3-2-6-20-14/h7-8,13-14,18H,2-6,9-10H2,1H3. The largest absolute Gasteiger partial charge is 0.493 e. The highest BCUT2D eigenvalue weighted by Gasteiger charge is 2.23. The van der Waals surface area contributed by atoms with Crippen LogP contribution in [0.3, 0.4) is 0 Å². The van der Waals surface area contributed by atoms with Gasteiger partial charge in [-0.15, -0.1) is 0 Å². The number of benzene rings is 1. The van der Waals surface area contributed by atoms with Crippen molar-refractivity contribution in [3.05, 3.63) is 22.7 Å². The van der Waals surface area contributed by atoms with Gasteiger partial charge in [-0.05, 0) is 31.7 Å². The molecule has 116 valence electrons. The zero-order valence-electron chi connectivity index (χ0n) is 12.4. The topological polar surface area (TPSA) is 39.7 Å². The van der Waals surface area contributed by atoms with Crippen LogP contribution in [0.15, 0.2) is 12.1 Å². The number of ether oxygens (including phenoxy) is 3. The second-order valence-corrected chi connectivity index (χ2v) is 6.13. The van der Waals surface area contributed by atoms with Crippen LogP contribution in [-0.4, -0.2) is 32.5 Å². The van der Waals surface area contributed by atoms with Crippen LogP contribution in [0.25, 0.3) is 0 Å². The number of nitrogens with one attached hydrogen (secondary N) is 1. The summed E-state index contributed by atoms with van der Waals surface area (Å²) in [5.41, 5.74) is 1.05. The summed E-state index contributed by atoms with van der Waals surface area (Å²) in [6, 6.07) is 4.39. The number of hydrogen-bond acceptors (Lipinski definition) is 4. The molecular weight excluding hydrogens is 290 g/mol. The highest BCUT2D eigenvalue weighted by molar-refractivity contribution is 6.30. The lowest BCUT2D eigenvalue weighted by atomic mass is 10.1. The molecule has 21 heavy (non-hydrogen) atoms. The van der Waals surface area contributed by atoms with Gasteiger partial charge in [-0.2, -0.15) is 0 Å². The summed E-state index contributed by atoms with van der Waals surface area (Å²) in [5.74, 6) is 1.47. The maximum Gasteiger partial charge on any atom is 0.165 e. The van der Waals surface area contributed by atoms with E-state index in [2.05, 4.69) is 5.32 Å². The van der Waals surface area contributed by atoms with E-state index in [0.717, 1.165) is 37.3 Å². The molecule has 0 radical (unpaired) electrons. The lowest BCUT2D eigenvalue weighted by Crippen LogP contribution is -2.19. The maximum atomic E-state index is 6.17. The third-order valence-corrected chi connectivity index (χ3v) is 4.13. The van der Waals surface area contributed by atoms with E-state index in [4.69, 9.17) is 25.8 Å². The summed E-state index contributed by atoms with van der Waals surface area (Å²) >= 11 is 6.17. The van der Waals surface area contributed by atoms with Gasteiger partial charge in [0.05, 0.1) is 13.2 Å². The molecule has 2 aliphatic rings. The fourth-order valence-corrected chi connectivity index (χ4v) is 2.79. The summed E-state index contributed by atoms with van der Waals surface area (Å²) in [6.07, 6.45) is 4.87. The molecule has 5 heteroatoms. The van der Waals surface area contributed by atoms with E-state index in [1.54, 1.807) is 13.2 Å². The molecule has 1 aliphatic carbocycles. The Kier molecular flexibility index (Phi) is 4.88. The van der Waals surface area contributed by atoms with Crippen LogP contribution in [0.5, 0.6) is 11.5 Å². The van der Waals surface area contributed by atoms with Crippen molar-refractivity contribution in [2.45, 2.75) is 44.4 Å². The molecule has 2 fully saturated rings. The second kappa shape index (κ2) is 6.86. The molecule has 1 saturated carbocycles. The van der Waals surface area contributed by atoms with Gasteiger partial charge in [-0.1, -0.05) is 11.6 Å². The van der Waals surface area contributed by atoms with Gasteiger partial charge in [0.25, 0.3) is 0 Å². The third kappa shape index (κ3) is 4.02. The first-order chi connectivity index (χ1) is 10.3. The molecule has 1 heterocycles. The molecule has 0 amide bonds. The Hall–Kier alpha value is -0.970. The van der Waals surface area contributed by atoms with Crippen LogP contribution in [0.2, 0.25) is 5.02 Å². The Balaban J connectivity index is 1.72. The van der Waals surface area contributed by atoms with Gasteiger partial charge >= 0.3 is 0 Å². The SMILES string of the molecule is COc1cc(Cl)cc(CNC2CC2)c1OCC1CCCO1. The first-order valence-electron chi connectivity index (χ1n) is 7.60. The predicted molar refractivity (Wildman–Crippen MR) is 82.3 cm³/mol. The molecule has 1 aromatic rings. The molecule has 0 bridgehead atoms. The highest BCUT2D eigenvalue weighted by Crippen LogP contribution is 2.35. The number of halogens is 1. The molecule has 3 rings (SSSR count). The molecule has 1 N–H and O–H groups in total. The minimum atomic E-state index is 0.189. The van der Waals surface area contributed by atoms with E-state index in [0.29, 0.717) is 23.4 Å². The molecule has 0 spiro atoms. The third-order valence-electron chi connectivity index (χ3n) is 3.91. The molecule has 4 nitrogen and oxygen atoms in total. The van der Waals surface area contributed by atoms with Crippen molar-refractivity contribution < 1.29 is 14.2 Å². The summed E-state index contributed by atoms with van der Waals surface area (Å²) in [7, 11) is 1.64. The van der Waals surface area contributed by atoms with E-state index >= 15 is 0 Å². The lowest BCUT2D eigenvalue weighted by Gasteiger charge is -2.18. The Labute approximate surface area is 130 Å².